The Morgan fingerprint density at radius 1 is 1.16 bits per heavy atom. The minimum absolute atomic E-state index is 0.0346. The Morgan fingerprint density at radius 2 is 2.00 bits per heavy atom. The van der Waals surface area contributed by atoms with Crippen LogP contribution >= 0.6 is 11.6 Å². The molecule has 6 heteroatoms. The number of pyridine rings is 1. The van der Waals surface area contributed by atoms with Crippen LogP contribution in [0.3, 0.4) is 0 Å². The highest BCUT2D eigenvalue weighted by molar-refractivity contribution is 6.38. The number of nitrogens with zero attached hydrogens (tertiary/aromatic N) is 2. The van der Waals surface area contributed by atoms with Crippen molar-refractivity contribution in [2.45, 2.75) is 25.4 Å². The van der Waals surface area contributed by atoms with E-state index in [9.17, 15) is 9.18 Å². The molecule has 2 aromatic rings. The van der Waals surface area contributed by atoms with Crippen LogP contribution in [0.1, 0.15) is 36.7 Å². The number of rotatable bonds is 2. The summed E-state index contributed by atoms with van der Waals surface area (Å²) in [5.41, 5.74) is 2.74. The fraction of sp³-hybridized carbons (Fsp3) is 0.211. The molecule has 1 unspecified atom stereocenters. The number of aliphatic imine (C=N–C) groups is 1. The summed E-state index contributed by atoms with van der Waals surface area (Å²) >= 11 is 6.34. The van der Waals surface area contributed by atoms with Crippen molar-refractivity contribution in [1.82, 2.24) is 10.3 Å². The quantitative estimate of drug-likeness (QED) is 0.886. The second-order valence-electron chi connectivity index (χ2n) is 6.01. The van der Waals surface area contributed by atoms with E-state index in [1.54, 1.807) is 6.07 Å². The van der Waals surface area contributed by atoms with E-state index in [1.165, 1.54) is 18.3 Å². The van der Waals surface area contributed by atoms with Crippen molar-refractivity contribution >= 4 is 23.1 Å². The summed E-state index contributed by atoms with van der Waals surface area (Å²) in [4.78, 5) is 21.3. The Bertz CT molecular complexity index is 922. The summed E-state index contributed by atoms with van der Waals surface area (Å²) in [6.45, 7) is 0. The molecule has 4 nitrogen and oxygen atoms in total. The van der Waals surface area contributed by atoms with E-state index in [-0.39, 0.29) is 11.5 Å². The Hall–Kier alpha value is -2.53. The zero-order valence-electron chi connectivity index (χ0n) is 13.3. The summed E-state index contributed by atoms with van der Waals surface area (Å²) in [6.07, 6.45) is 2.80. The number of aromatic nitrogens is 1. The molecule has 4 rings (SSSR count). The number of hydrogen-bond acceptors (Lipinski definition) is 4. The van der Waals surface area contributed by atoms with Gasteiger partial charge >= 0.3 is 0 Å². The van der Waals surface area contributed by atoms with Gasteiger partial charge in [-0.15, -0.1) is 0 Å². The largest absolute Gasteiger partial charge is 0.361 e. The van der Waals surface area contributed by atoms with Gasteiger partial charge in [0.2, 0.25) is 0 Å². The molecule has 1 aromatic heterocycles. The Kier molecular flexibility index (Phi) is 4.09. The predicted molar refractivity (Wildman–Crippen MR) is 93.9 cm³/mol. The van der Waals surface area contributed by atoms with Gasteiger partial charge in [-0.25, -0.2) is 4.39 Å². The third-order valence-electron chi connectivity index (χ3n) is 4.39. The van der Waals surface area contributed by atoms with Crippen LogP contribution in [0.25, 0.3) is 0 Å². The van der Waals surface area contributed by atoms with E-state index in [0.717, 1.165) is 18.5 Å². The van der Waals surface area contributed by atoms with Gasteiger partial charge in [-0.2, -0.15) is 0 Å². The first-order valence-electron chi connectivity index (χ1n) is 8.11. The van der Waals surface area contributed by atoms with Gasteiger partial charge in [-0.1, -0.05) is 29.8 Å². The van der Waals surface area contributed by atoms with Gasteiger partial charge in [0.15, 0.2) is 11.9 Å². The van der Waals surface area contributed by atoms with E-state index in [4.69, 9.17) is 11.6 Å². The lowest BCUT2D eigenvalue weighted by molar-refractivity contribution is -0.115. The van der Waals surface area contributed by atoms with Crippen LogP contribution in [-0.2, 0) is 4.79 Å². The average molecular weight is 356 g/mol. The van der Waals surface area contributed by atoms with Crippen molar-refractivity contribution in [2.75, 3.05) is 0 Å². The molecule has 2 heterocycles. The number of nitrogens with one attached hydrogen (secondary N) is 1. The van der Waals surface area contributed by atoms with Crippen molar-refractivity contribution in [3.05, 3.63) is 76.0 Å². The van der Waals surface area contributed by atoms with Crippen LogP contribution in [0, 0.1) is 5.82 Å². The zero-order valence-corrected chi connectivity index (χ0v) is 14.1. The highest BCUT2D eigenvalue weighted by Crippen LogP contribution is 2.33. The van der Waals surface area contributed by atoms with Gasteiger partial charge in [0, 0.05) is 28.9 Å². The summed E-state index contributed by atoms with van der Waals surface area (Å²) in [7, 11) is 0. The molecule has 1 aromatic carbocycles. The van der Waals surface area contributed by atoms with E-state index in [1.807, 2.05) is 18.2 Å². The highest BCUT2D eigenvalue weighted by atomic mass is 35.5. The fourth-order valence-corrected chi connectivity index (χ4v) is 3.47. The molecule has 1 aliphatic heterocycles. The molecule has 0 bridgehead atoms. The predicted octanol–water partition coefficient (Wildman–Crippen LogP) is 3.97. The topological polar surface area (TPSA) is 54.4 Å². The van der Waals surface area contributed by atoms with Crippen molar-refractivity contribution in [2.24, 2.45) is 4.99 Å². The number of carbonyl (C=O) groups excluding carboxylic acids is 1. The lowest BCUT2D eigenvalue weighted by Gasteiger charge is -2.30. The third kappa shape index (κ3) is 2.85. The summed E-state index contributed by atoms with van der Waals surface area (Å²) in [5, 5.41) is 3.70. The number of halogens is 2. The van der Waals surface area contributed by atoms with Gasteiger partial charge in [0.05, 0.1) is 11.3 Å². The van der Waals surface area contributed by atoms with Crippen LogP contribution in [0.4, 0.5) is 4.39 Å². The molecule has 0 saturated heterocycles. The number of benzene rings is 1. The molecule has 1 atom stereocenters. The van der Waals surface area contributed by atoms with Crippen LogP contribution in [0.2, 0.25) is 5.02 Å². The number of Topliss-reactive ketones (excluding diaryl/α,β-unsaturated/α-hetero) is 1. The first kappa shape index (κ1) is 16.0. The smallest absolute Gasteiger partial charge is 0.166 e. The number of hydrogen-bond donors (Lipinski definition) is 1. The minimum atomic E-state index is -0.683. The van der Waals surface area contributed by atoms with Gasteiger partial charge < -0.3 is 5.32 Å². The van der Waals surface area contributed by atoms with Crippen LogP contribution < -0.4 is 5.32 Å². The maximum absolute atomic E-state index is 14.2. The molecule has 0 spiro atoms. The normalized spacial score (nSPS) is 20.0. The van der Waals surface area contributed by atoms with Gasteiger partial charge in [-0.3, -0.25) is 14.8 Å². The van der Waals surface area contributed by atoms with Crippen molar-refractivity contribution in [1.29, 1.82) is 0 Å². The van der Waals surface area contributed by atoms with Crippen molar-refractivity contribution in [3.63, 3.8) is 0 Å². The SMILES string of the molecule is O=C1CCCC2=C1C(c1ccccc1Cl)=NC(c1ncccc1F)N2. The number of carbonyl (C=O) groups is 1. The molecular weight excluding hydrogens is 341 g/mol. The monoisotopic (exact) mass is 355 g/mol. The first-order chi connectivity index (χ1) is 12.1. The van der Waals surface area contributed by atoms with E-state index in [2.05, 4.69) is 15.3 Å². The number of ketones is 1. The first-order valence-corrected chi connectivity index (χ1v) is 8.49. The Morgan fingerprint density at radius 3 is 2.80 bits per heavy atom. The second kappa shape index (κ2) is 6.41. The molecule has 0 amide bonds. The average Bonchev–Trinajstić information content (AvgIpc) is 2.62. The summed E-state index contributed by atoms with van der Waals surface area (Å²) in [6, 6.07) is 10.1. The third-order valence-corrected chi connectivity index (χ3v) is 4.72. The molecular formula is C19H15ClFN3O. The molecule has 0 radical (unpaired) electrons. The fourth-order valence-electron chi connectivity index (χ4n) is 3.24. The maximum atomic E-state index is 14.2. The lowest BCUT2D eigenvalue weighted by Crippen LogP contribution is -2.35. The molecule has 126 valence electrons. The van der Waals surface area contributed by atoms with Gasteiger partial charge in [0.1, 0.15) is 11.5 Å². The van der Waals surface area contributed by atoms with Crippen molar-refractivity contribution < 1.29 is 9.18 Å². The molecule has 1 N–H and O–H groups in total. The summed E-state index contributed by atoms with van der Waals surface area (Å²) < 4.78 is 14.2. The second-order valence-corrected chi connectivity index (χ2v) is 6.41. The van der Waals surface area contributed by atoms with Crippen LogP contribution in [-0.4, -0.2) is 16.5 Å². The van der Waals surface area contributed by atoms with E-state index < -0.39 is 12.0 Å². The molecule has 2 aliphatic rings. The minimum Gasteiger partial charge on any atom is -0.361 e. The Labute approximate surface area is 149 Å². The van der Waals surface area contributed by atoms with Gasteiger partial charge in [-0.05, 0) is 31.0 Å². The molecule has 25 heavy (non-hydrogen) atoms. The molecule has 0 fully saturated rings. The van der Waals surface area contributed by atoms with Gasteiger partial charge in [0.25, 0.3) is 0 Å². The maximum Gasteiger partial charge on any atom is 0.166 e. The lowest BCUT2D eigenvalue weighted by atomic mass is 9.87. The van der Waals surface area contributed by atoms with E-state index in [0.29, 0.717) is 28.3 Å². The molecule has 0 saturated carbocycles. The highest BCUT2D eigenvalue weighted by Gasteiger charge is 2.33. The van der Waals surface area contributed by atoms with Crippen LogP contribution in [0.5, 0.6) is 0 Å². The standard InChI is InChI=1S/C19H15ClFN3O/c20-12-6-2-1-5-11(12)17-16-14(8-3-9-15(16)25)23-19(24-17)18-13(21)7-4-10-22-18/h1-2,4-7,10,19,23H,3,8-9H2. The van der Waals surface area contributed by atoms with E-state index >= 15 is 0 Å². The van der Waals surface area contributed by atoms with Crippen LogP contribution in [0.15, 0.2) is 58.9 Å². The molecule has 1 aliphatic carbocycles. The number of allylic oxidation sites excluding steroid dienone is 2. The summed E-state index contributed by atoms with van der Waals surface area (Å²) in [5.74, 6) is -0.402. The Balaban J connectivity index is 1.89. The zero-order chi connectivity index (χ0) is 17.4. The van der Waals surface area contributed by atoms with Crippen molar-refractivity contribution in [3.8, 4) is 0 Å².